The topological polar surface area (TPSA) is 37.8 Å². The molecule has 0 saturated carbocycles. The first-order valence-electron chi connectivity index (χ1n) is 6.70. The summed E-state index contributed by atoms with van der Waals surface area (Å²) in [6, 6.07) is 0.511. The smallest absolute Gasteiger partial charge is 0.0991 e. The van der Waals surface area contributed by atoms with Gasteiger partial charge in [0.2, 0.25) is 0 Å². The van der Waals surface area contributed by atoms with E-state index in [0.29, 0.717) is 6.04 Å². The van der Waals surface area contributed by atoms with Gasteiger partial charge in [-0.1, -0.05) is 20.8 Å². The number of hydrogen-bond donors (Lipinski definition) is 1. The Labute approximate surface area is 123 Å². The fourth-order valence-electron chi connectivity index (χ4n) is 1.87. The van der Waals surface area contributed by atoms with E-state index in [2.05, 4.69) is 36.5 Å². The lowest BCUT2D eigenvalue weighted by molar-refractivity contribution is 0.590. The predicted molar refractivity (Wildman–Crippen MR) is 83.1 cm³/mol. The van der Waals surface area contributed by atoms with E-state index in [1.54, 1.807) is 11.3 Å². The first kappa shape index (κ1) is 14.6. The van der Waals surface area contributed by atoms with E-state index in [-0.39, 0.29) is 0 Å². The van der Waals surface area contributed by atoms with Gasteiger partial charge in [0.05, 0.1) is 21.4 Å². The molecule has 2 aromatic heterocycles. The largest absolute Gasteiger partial charge is 0.310 e. The third-order valence-electron chi connectivity index (χ3n) is 2.83. The average molecular weight is 295 g/mol. The van der Waals surface area contributed by atoms with Crippen molar-refractivity contribution in [1.29, 1.82) is 0 Å². The lowest BCUT2D eigenvalue weighted by Crippen LogP contribution is -2.21. The summed E-state index contributed by atoms with van der Waals surface area (Å²) in [6.45, 7) is 9.49. The molecule has 1 N–H and O–H groups in total. The number of rotatable bonds is 6. The van der Waals surface area contributed by atoms with Crippen LogP contribution in [0.3, 0.4) is 0 Å². The zero-order chi connectivity index (χ0) is 13.8. The second-order valence-electron chi connectivity index (χ2n) is 4.90. The molecule has 0 aliphatic heterocycles. The van der Waals surface area contributed by atoms with Crippen LogP contribution in [-0.4, -0.2) is 16.0 Å². The molecule has 2 rings (SSSR count). The minimum Gasteiger partial charge on any atom is -0.310 e. The molecule has 0 amide bonds. The van der Waals surface area contributed by atoms with Crippen LogP contribution < -0.4 is 5.32 Å². The highest BCUT2D eigenvalue weighted by molar-refractivity contribution is 7.11. The van der Waals surface area contributed by atoms with Gasteiger partial charge < -0.3 is 5.32 Å². The highest BCUT2D eigenvalue weighted by Crippen LogP contribution is 2.22. The van der Waals surface area contributed by atoms with E-state index in [9.17, 15) is 0 Å². The summed E-state index contributed by atoms with van der Waals surface area (Å²) in [5.41, 5.74) is 2.38. The third kappa shape index (κ3) is 4.09. The normalized spacial score (nSPS) is 11.4. The van der Waals surface area contributed by atoms with Crippen molar-refractivity contribution in [2.24, 2.45) is 0 Å². The van der Waals surface area contributed by atoms with Gasteiger partial charge in [0.15, 0.2) is 0 Å². The number of nitrogens with zero attached hydrogens (tertiary/aromatic N) is 2. The Morgan fingerprint density at radius 1 is 1.32 bits per heavy atom. The van der Waals surface area contributed by atoms with E-state index in [4.69, 9.17) is 4.98 Å². The highest BCUT2D eigenvalue weighted by atomic mass is 32.1. The molecule has 0 fully saturated rings. The number of aromatic nitrogens is 2. The highest BCUT2D eigenvalue weighted by Gasteiger charge is 2.11. The first-order valence-corrected chi connectivity index (χ1v) is 8.40. The van der Waals surface area contributed by atoms with Crippen molar-refractivity contribution < 1.29 is 0 Å². The Morgan fingerprint density at radius 2 is 2.11 bits per heavy atom. The molecule has 0 radical (unpaired) electrons. The average Bonchev–Trinajstić information content (AvgIpc) is 2.93. The van der Waals surface area contributed by atoms with Crippen LogP contribution in [0.4, 0.5) is 0 Å². The van der Waals surface area contributed by atoms with Gasteiger partial charge in [-0.15, -0.1) is 22.7 Å². The molecule has 19 heavy (non-hydrogen) atoms. The number of hydrogen-bond acceptors (Lipinski definition) is 5. The zero-order valence-corrected chi connectivity index (χ0v) is 13.6. The Morgan fingerprint density at radius 3 is 2.68 bits per heavy atom. The molecule has 0 aliphatic rings. The molecule has 0 saturated heterocycles. The SMILES string of the molecule is CCc1nc(Cc2csc(C)n2)sc1CNC(C)C. The first-order chi connectivity index (χ1) is 9.08. The van der Waals surface area contributed by atoms with Crippen LogP contribution in [0.1, 0.15) is 47.1 Å². The van der Waals surface area contributed by atoms with Crippen molar-refractivity contribution in [1.82, 2.24) is 15.3 Å². The maximum absolute atomic E-state index is 4.75. The van der Waals surface area contributed by atoms with E-state index < -0.39 is 0 Å². The van der Waals surface area contributed by atoms with E-state index in [0.717, 1.165) is 30.1 Å². The standard InChI is InChI=1S/C14H21N3S2/c1-5-12-13(7-15-9(2)3)19-14(17-12)6-11-8-18-10(4)16-11/h8-9,15H,5-7H2,1-4H3. The maximum atomic E-state index is 4.75. The Balaban J connectivity index is 2.09. The van der Waals surface area contributed by atoms with Crippen LogP contribution in [0.15, 0.2) is 5.38 Å². The van der Waals surface area contributed by atoms with Crippen LogP contribution in [0.2, 0.25) is 0 Å². The lowest BCUT2D eigenvalue weighted by atomic mass is 10.3. The molecule has 0 unspecified atom stereocenters. The maximum Gasteiger partial charge on any atom is 0.0991 e. The molecule has 0 aliphatic carbocycles. The van der Waals surface area contributed by atoms with E-state index >= 15 is 0 Å². The number of thiazole rings is 2. The quantitative estimate of drug-likeness (QED) is 0.885. The lowest BCUT2D eigenvalue weighted by Gasteiger charge is -2.06. The van der Waals surface area contributed by atoms with Gasteiger partial charge in [0, 0.05) is 29.3 Å². The predicted octanol–water partition coefficient (Wildman–Crippen LogP) is 3.56. The zero-order valence-electron chi connectivity index (χ0n) is 12.0. The molecule has 104 valence electrons. The van der Waals surface area contributed by atoms with Crippen molar-refractivity contribution in [3.8, 4) is 0 Å². The van der Waals surface area contributed by atoms with Crippen molar-refractivity contribution in [2.45, 2.75) is 53.1 Å². The van der Waals surface area contributed by atoms with Gasteiger partial charge >= 0.3 is 0 Å². The molecule has 0 aromatic carbocycles. The Bertz CT molecular complexity index is 529. The summed E-state index contributed by atoms with van der Waals surface area (Å²) in [6.07, 6.45) is 1.87. The van der Waals surface area contributed by atoms with Crippen LogP contribution in [0, 0.1) is 6.92 Å². The number of nitrogens with one attached hydrogen (secondary N) is 1. The molecule has 0 atom stereocenters. The van der Waals surface area contributed by atoms with Gasteiger partial charge in [-0.2, -0.15) is 0 Å². The third-order valence-corrected chi connectivity index (χ3v) is 4.75. The van der Waals surface area contributed by atoms with Gasteiger partial charge in [0.1, 0.15) is 0 Å². The Hall–Kier alpha value is -0.780. The molecular formula is C14H21N3S2. The monoisotopic (exact) mass is 295 g/mol. The molecule has 0 spiro atoms. The number of aryl methyl sites for hydroxylation is 2. The van der Waals surface area contributed by atoms with E-state index in [1.165, 1.54) is 15.6 Å². The van der Waals surface area contributed by atoms with Gasteiger partial charge in [-0.05, 0) is 13.3 Å². The van der Waals surface area contributed by atoms with Gasteiger partial charge in [-0.25, -0.2) is 9.97 Å². The Kier molecular flexibility index (Phi) is 5.07. The molecule has 2 aromatic rings. The van der Waals surface area contributed by atoms with Crippen LogP contribution in [-0.2, 0) is 19.4 Å². The fraction of sp³-hybridized carbons (Fsp3) is 0.571. The van der Waals surface area contributed by atoms with Crippen LogP contribution >= 0.6 is 22.7 Å². The molecule has 0 bridgehead atoms. The van der Waals surface area contributed by atoms with Crippen molar-refractivity contribution in [3.63, 3.8) is 0 Å². The van der Waals surface area contributed by atoms with Crippen LogP contribution in [0.25, 0.3) is 0 Å². The summed E-state index contributed by atoms with van der Waals surface area (Å²) in [5.74, 6) is 0. The summed E-state index contributed by atoms with van der Waals surface area (Å²) >= 11 is 3.53. The van der Waals surface area contributed by atoms with Crippen molar-refractivity contribution in [2.75, 3.05) is 0 Å². The summed E-state index contributed by atoms with van der Waals surface area (Å²) in [7, 11) is 0. The van der Waals surface area contributed by atoms with Crippen molar-refractivity contribution in [3.05, 3.63) is 31.7 Å². The van der Waals surface area contributed by atoms with Gasteiger partial charge in [-0.3, -0.25) is 0 Å². The molecule has 3 nitrogen and oxygen atoms in total. The summed E-state index contributed by atoms with van der Waals surface area (Å²) in [4.78, 5) is 10.6. The van der Waals surface area contributed by atoms with Crippen LogP contribution in [0.5, 0.6) is 0 Å². The van der Waals surface area contributed by atoms with E-state index in [1.807, 2.05) is 18.3 Å². The molecular weight excluding hydrogens is 274 g/mol. The summed E-state index contributed by atoms with van der Waals surface area (Å²) in [5, 5.41) is 7.92. The van der Waals surface area contributed by atoms with Crippen molar-refractivity contribution >= 4 is 22.7 Å². The van der Waals surface area contributed by atoms with Gasteiger partial charge in [0.25, 0.3) is 0 Å². The molecule has 5 heteroatoms. The minimum absolute atomic E-state index is 0.511. The fourth-order valence-corrected chi connectivity index (χ4v) is 3.60. The minimum atomic E-state index is 0.511. The summed E-state index contributed by atoms with van der Waals surface area (Å²) < 4.78 is 0. The molecule has 2 heterocycles. The second-order valence-corrected chi connectivity index (χ2v) is 7.13. The second kappa shape index (κ2) is 6.59.